The quantitative estimate of drug-likeness (QED) is 0.854. The molecule has 2 aliphatic rings. The van der Waals surface area contributed by atoms with Crippen molar-refractivity contribution in [3.05, 3.63) is 40.3 Å². The number of nitrogens with one attached hydrogen (secondary N) is 2. The number of carbonyl (C=O) groups excluding carboxylic acids is 1. The number of carbonyl (C=O) groups is 1. The first-order chi connectivity index (χ1) is 11.2. The molecule has 5 nitrogen and oxygen atoms in total. The Kier molecular flexibility index (Phi) is 5.27. The van der Waals surface area contributed by atoms with Crippen molar-refractivity contribution in [3.8, 4) is 0 Å². The van der Waals surface area contributed by atoms with Gasteiger partial charge in [-0.3, -0.25) is 9.48 Å². The molecule has 0 aromatic carbocycles. The highest BCUT2D eigenvalue weighted by molar-refractivity contribution is 7.10. The molecule has 1 saturated heterocycles. The minimum atomic E-state index is -0.0135. The number of amides is 1. The van der Waals surface area contributed by atoms with E-state index < -0.39 is 0 Å². The van der Waals surface area contributed by atoms with E-state index >= 15 is 0 Å². The molecule has 1 unspecified atom stereocenters. The van der Waals surface area contributed by atoms with Crippen LogP contribution in [0.25, 0.3) is 0 Å². The number of halogens is 1. The summed E-state index contributed by atoms with van der Waals surface area (Å²) in [5.41, 5.74) is 1.15. The highest BCUT2D eigenvalue weighted by Gasteiger charge is 2.39. The Balaban J connectivity index is 0.00000169. The summed E-state index contributed by atoms with van der Waals surface area (Å²) in [5, 5.41) is 13.0. The Bertz CT molecular complexity index is 683. The minimum Gasteiger partial charge on any atom is -0.348 e. The fourth-order valence-corrected chi connectivity index (χ4v) is 4.38. The SMILES string of the molecule is Cl.Cn1cc([C@H]2CNC[C@@H]2C(=O)NC(c2cccs2)C2CC2)cn1. The van der Waals surface area contributed by atoms with E-state index in [9.17, 15) is 4.79 Å². The van der Waals surface area contributed by atoms with Gasteiger partial charge in [-0.15, -0.1) is 23.7 Å². The second-order valence-electron chi connectivity index (χ2n) is 6.66. The predicted octanol–water partition coefficient (Wildman–Crippen LogP) is 2.47. The lowest BCUT2D eigenvalue weighted by atomic mass is 9.90. The molecular weight excluding hydrogens is 344 g/mol. The van der Waals surface area contributed by atoms with Gasteiger partial charge in [0.2, 0.25) is 5.91 Å². The zero-order valence-corrected chi connectivity index (χ0v) is 15.3. The summed E-state index contributed by atoms with van der Waals surface area (Å²) in [6, 6.07) is 4.40. The highest BCUT2D eigenvalue weighted by Crippen LogP contribution is 2.42. The first-order valence-electron chi connectivity index (χ1n) is 8.25. The summed E-state index contributed by atoms with van der Waals surface area (Å²) in [4.78, 5) is 14.2. The average Bonchev–Trinajstić information content (AvgIpc) is 2.99. The molecule has 1 saturated carbocycles. The third-order valence-electron chi connectivity index (χ3n) is 4.94. The van der Waals surface area contributed by atoms with E-state index in [1.54, 1.807) is 16.0 Å². The molecule has 0 radical (unpaired) electrons. The molecule has 1 aliphatic carbocycles. The molecule has 4 rings (SSSR count). The standard InChI is InChI=1S/C17H22N4OS.ClH/c1-21-10-12(7-19-21)13-8-18-9-14(13)17(22)20-16(11-4-5-11)15-3-2-6-23-15;/h2-3,6-7,10-11,13-14,16,18H,4-5,8-9H2,1H3,(H,20,22);1H/t13-,14+,16?;/m1./s1. The average molecular weight is 367 g/mol. The van der Waals surface area contributed by atoms with Crippen LogP contribution < -0.4 is 10.6 Å². The van der Waals surface area contributed by atoms with Crippen LogP contribution in [-0.4, -0.2) is 28.8 Å². The van der Waals surface area contributed by atoms with Crippen LogP contribution in [0.15, 0.2) is 29.9 Å². The van der Waals surface area contributed by atoms with Crippen molar-refractivity contribution in [1.29, 1.82) is 0 Å². The first kappa shape index (κ1) is 17.5. The van der Waals surface area contributed by atoms with Crippen molar-refractivity contribution in [1.82, 2.24) is 20.4 Å². The Morgan fingerprint density at radius 3 is 2.92 bits per heavy atom. The van der Waals surface area contributed by atoms with Crippen molar-refractivity contribution in [2.24, 2.45) is 18.9 Å². The summed E-state index contributed by atoms with van der Waals surface area (Å²) in [5.74, 6) is 0.991. The zero-order chi connectivity index (χ0) is 15.8. The third kappa shape index (κ3) is 3.50. The van der Waals surface area contributed by atoms with Gasteiger partial charge in [0.15, 0.2) is 0 Å². The number of hydrogen-bond donors (Lipinski definition) is 2. The molecule has 2 N–H and O–H groups in total. The molecule has 24 heavy (non-hydrogen) atoms. The number of rotatable bonds is 5. The smallest absolute Gasteiger partial charge is 0.225 e. The first-order valence-corrected chi connectivity index (χ1v) is 9.13. The van der Waals surface area contributed by atoms with Gasteiger partial charge in [0.1, 0.15) is 0 Å². The monoisotopic (exact) mass is 366 g/mol. The molecule has 1 amide bonds. The molecule has 2 aromatic heterocycles. The Hall–Kier alpha value is -1.37. The van der Waals surface area contributed by atoms with E-state index in [4.69, 9.17) is 0 Å². The lowest BCUT2D eigenvalue weighted by molar-refractivity contribution is -0.125. The topological polar surface area (TPSA) is 59.0 Å². The summed E-state index contributed by atoms with van der Waals surface area (Å²) in [7, 11) is 1.92. The maximum Gasteiger partial charge on any atom is 0.225 e. The number of aromatic nitrogens is 2. The van der Waals surface area contributed by atoms with Crippen LogP contribution in [0.1, 0.15) is 35.2 Å². The zero-order valence-electron chi connectivity index (χ0n) is 13.6. The van der Waals surface area contributed by atoms with Gasteiger partial charge in [-0.1, -0.05) is 6.07 Å². The molecule has 1 aliphatic heterocycles. The van der Waals surface area contributed by atoms with Crippen LogP contribution in [-0.2, 0) is 11.8 Å². The number of nitrogens with zero attached hydrogens (tertiary/aromatic N) is 2. The van der Waals surface area contributed by atoms with E-state index in [2.05, 4.69) is 33.2 Å². The molecule has 0 bridgehead atoms. The van der Waals surface area contributed by atoms with E-state index in [1.165, 1.54) is 17.7 Å². The van der Waals surface area contributed by atoms with Crippen LogP contribution in [0.4, 0.5) is 0 Å². The fraction of sp³-hybridized carbons (Fsp3) is 0.529. The van der Waals surface area contributed by atoms with Gasteiger partial charge in [-0.25, -0.2) is 0 Å². The van der Waals surface area contributed by atoms with Gasteiger partial charge in [0.05, 0.1) is 18.2 Å². The minimum absolute atomic E-state index is 0. The van der Waals surface area contributed by atoms with E-state index in [0.29, 0.717) is 5.92 Å². The van der Waals surface area contributed by atoms with Gasteiger partial charge < -0.3 is 10.6 Å². The van der Waals surface area contributed by atoms with Crippen molar-refractivity contribution < 1.29 is 4.79 Å². The number of aryl methyl sites for hydroxylation is 1. The van der Waals surface area contributed by atoms with Crippen LogP contribution in [0, 0.1) is 11.8 Å². The summed E-state index contributed by atoms with van der Waals surface area (Å²) in [6.07, 6.45) is 6.35. The summed E-state index contributed by atoms with van der Waals surface area (Å²) in [6.45, 7) is 1.59. The summed E-state index contributed by atoms with van der Waals surface area (Å²) >= 11 is 1.74. The molecule has 3 heterocycles. The highest BCUT2D eigenvalue weighted by atomic mass is 35.5. The number of hydrogen-bond acceptors (Lipinski definition) is 4. The molecule has 7 heteroatoms. The molecule has 3 atom stereocenters. The van der Waals surface area contributed by atoms with Crippen LogP contribution >= 0.6 is 23.7 Å². The van der Waals surface area contributed by atoms with Crippen LogP contribution in [0.2, 0.25) is 0 Å². The predicted molar refractivity (Wildman–Crippen MR) is 97.5 cm³/mol. The maximum atomic E-state index is 12.9. The van der Waals surface area contributed by atoms with Crippen molar-refractivity contribution in [2.45, 2.75) is 24.8 Å². The molecular formula is C17H23ClN4OS. The lowest BCUT2D eigenvalue weighted by Gasteiger charge is -2.22. The van der Waals surface area contributed by atoms with E-state index in [-0.39, 0.29) is 36.2 Å². The largest absolute Gasteiger partial charge is 0.348 e. The third-order valence-corrected chi connectivity index (χ3v) is 5.90. The summed E-state index contributed by atoms with van der Waals surface area (Å²) < 4.78 is 1.81. The van der Waals surface area contributed by atoms with Crippen LogP contribution in [0.5, 0.6) is 0 Å². The van der Waals surface area contributed by atoms with Gasteiger partial charge in [-0.05, 0) is 35.8 Å². The second-order valence-corrected chi connectivity index (χ2v) is 7.64. The number of thiophene rings is 1. The van der Waals surface area contributed by atoms with Gasteiger partial charge >= 0.3 is 0 Å². The van der Waals surface area contributed by atoms with Crippen molar-refractivity contribution in [2.75, 3.05) is 13.1 Å². The van der Waals surface area contributed by atoms with Crippen molar-refractivity contribution in [3.63, 3.8) is 0 Å². The second kappa shape index (κ2) is 7.25. The fourth-order valence-electron chi connectivity index (χ4n) is 3.52. The Morgan fingerprint density at radius 1 is 1.46 bits per heavy atom. The van der Waals surface area contributed by atoms with Gasteiger partial charge in [0.25, 0.3) is 0 Å². The van der Waals surface area contributed by atoms with Gasteiger partial charge in [0, 0.05) is 37.1 Å². The molecule has 130 valence electrons. The lowest BCUT2D eigenvalue weighted by Crippen LogP contribution is -2.37. The van der Waals surface area contributed by atoms with Crippen LogP contribution in [0.3, 0.4) is 0 Å². The normalized spacial score (nSPS) is 24.4. The molecule has 2 fully saturated rings. The van der Waals surface area contributed by atoms with Gasteiger partial charge in [-0.2, -0.15) is 5.10 Å². The van der Waals surface area contributed by atoms with E-state index in [0.717, 1.165) is 18.7 Å². The van der Waals surface area contributed by atoms with Crippen molar-refractivity contribution >= 4 is 29.7 Å². The molecule has 0 spiro atoms. The maximum absolute atomic E-state index is 12.9. The Morgan fingerprint density at radius 2 is 2.29 bits per heavy atom. The van der Waals surface area contributed by atoms with E-state index in [1.807, 2.05) is 19.4 Å². The molecule has 2 aromatic rings. The Labute approximate surface area is 152 Å².